The fourth-order valence-electron chi connectivity index (χ4n) is 3.37. The van der Waals surface area contributed by atoms with Gasteiger partial charge in [-0.3, -0.25) is 4.79 Å². The molecule has 3 rings (SSSR count). The highest BCUT2D eigenvalue weighted by Gasteiger charge is 2.54. The van der Waals surface area contributed by atoms with Crippen LogP contribution in [0.4, 0.5) is 0 Å². The first-order chi connectivity index (χ1) is 11.4. The summed E-state index contributed by atoms with van der Waals surface area (Å²) in [5, 5.41) is 11.1. The monoisotopic (exact) mass is 351 g/mol. The minimum Gasteiger partial charge on any atom is -0.464 e. The van der Waals surface area contributed by atoms with Gasteiger partial charge < -0.3 is 14.7 Å². The lowest BCUT2D eigenvalue weighted by atomic mass is 9.89. The zero-order valence-corrected chi connectivity index (χ0v) is 14.5. The number of rotatable bonds is 4. The molecule has 1 N–H and O–H groups in total. The molecule has 1 aliphatic carbocycles. The lowest BCUT2D eigenvalue weighted by Gasteiger charge is -2.38. The predicted octanol–water partition coefficient (Wildman–Crippen LogP) is 2.29. The molecule has 1 saturated heterocycles. The van der Waals surface area contributed by atoms with Crippen molar-refractivity contribution in [3.05, 3.63) is 34.9 Å². The largest absolute Gasteiger partial charge is 0.464 e. The Morgan fingerprint density at radius 1 is 1.17 bits per heavy atom. The molecule has 1 aliphatic heterocycles. The molecule has 2 aliphatic rings. The molecule has 130 valence electrons. The van der Waals surface area contributed by atoms with E-state index in [-0.39, 0.29) is 25.4 Å². The third kappa shape index (κ3) is 3.03. The standard InChI is InChI=1S/C18H22ClNO4/c1-2-24-16(22)18(23)9-11-20(12-10-18)15(21)17(7-8-17)13-3-5-14(19)6-4-13/h3-6,23H,2,7-12H2,1H3. The van der Waals surface area contributed by atoms with E-state index in [4.69, 9.17) is 16.3 Å². The van der Waals surface area contributed by atoms with Crippen molar-refractivity contribution < 1.29 is 19.4 Å². The summed E-state index contributed by atoms with van der Waals surface area (Å²) in [5.41, 5.74) is -0.934. The zero-order valence-electron chi connectivity index (χ0n) is 13.8. The van der Waals surface area contributed by atoms with Crippen molar-refractivity contribution in [2.24, 2.45) is 0 Å². The Labute approximate surface area is 146 Å². The Balaban J connectivity index is 1.67. The van der Waals surface area contributed by atoms with Gasteiger partial charge in [-0.2, -0.15) is 0 Å². The first kappa shape index (κ1) is 17.2. The molecule has 2 fully saturated rings. The quantitative estimate of drug-likeness (QED) is 0.845. The van der Waals surface area contributed by atoms with Crippen LogP contribution in [0.3, 0.4) is 0 Å². The van der Waals surface area contributed by atoms with Gasteiger partial charge >= 0.3 is 5.97 Å². The van der Waals surface area contributed by atoms with Crippen LogP contribution in [-0.4, -0.2) is 47.2 Å². The van der Waals surface area contributed by atoms with Gasteiger partial charge in [0.1, 0.15) is 0 Å². The Hall–Kier alpha value is -1.59. The number of aliphatic hydroxyl groups is 1. The van der Waals surface area contributed by atoms with Crippen LogP contribution >= 0.6 is 11.6 Å². The van der Waals surface area contributed by atoms with Gasteiger partial charge in [0.25, 0.3) is 0 Å². The lowest BCUT2D eigenvalue weighted by Crippen LogP contribution is -2.53. The van der Waals surface area contributed by atoms with Gasteiger partial charge in [-0.1, -0.05) is 23.7 Å². The highest BCUT2D eigenvalue weighted by molar-refractivity contribution is 6.30. The molecule has 1 amide bonds. The number of halogens is 1. The van der Waals surface area contributed by atoms with Crippen molar-refractivity contribution in [1.82, 2.24) is 4.90 Å². The van der Waals surface area contributed by atoms with Gasteiger partial charge in [0.05, 0.1) is 12.0 Å². The second-order valence-corrected chi connectivity index (χ2v) is 7.07. The van der Waals surface area contributed by atoms with Gasteiger partial charge in [0, 0.05) is 31.0 Å². The fraction of sp³-hybridized carbons (Fsp3) is 0.556. The van der Waals surface area contributed by atoms with Crippen molar-refractivity contribution in [1.29, 1.82) is 0 Å². The highest BCUT2D eigenvalue weighted by Crippen LogP contribution is 2.50. The third-order valence-corrected chi connectivity index (χ3v) is 5.34. The number of nitrogens with zero attached hydrogens (tertiary/aromatic N) is 1. The first-order valence-electron chi connectivity index (χ1n) is 8.36. The number of hydrogen-bond acceptors (Lipinski definition) is 4. The van der Waals surface area contributed by atoms with E-state index in [1.807, 2.05) is 12.1 Å². The average Bonchev–Trinajstić information content (AvgIpc) is 3.37. The Morgan fingerprint density at radius 2 is 1.75 bits per heavy atom. The summed E-state index contributed by atoms with van der Waals surface area (Å²) in [6.45, 7) is 2.68. The summed E-state index contributed by atoms with van der Waals surface area (Å²) in [5.74, 6) is -0.508. The van der Waals surface area contributed by atoms with Crippen molar-refractivity contribution in [2.45, 2.75) is 43.6 Å². The normalized spacial score (nSPS) is 21.2. The number of benzene rings is 1. The van der Waals surface area contributed by atoms with Crippen LogP contribution < -0.4 is 0 Å². The van der Waals surface area contributed by atoms with E-state index >= 15 is 0 Å². The zero-order chi connectivity index (χ0) is 17.4. The van der Waals surface area contributed by atoms with Crippen LogP contribution in [-0.2, 0) is 19.7 Å². The molecule has 1 saturated carbocycles. The molecule has 6 heteroatoms. The Morgan fingerprint density at radius 3 is 2.25 bits per heavy atom. The van der Waals surface area contributed by atoms with Crippen molar-refractivity contribution in [3.63, 3.8) is 0 Å². The molecular weight excluding hydrogens is 330 g/mol. The minimum absolute atomic E-state index is 0.0794. The minimum atomic E-state index is -1.47. The van der Waals surface area contributed by atoms with Gasteiger partial charge in [-0.25, -0.2) is 4.79 Å². The van der Waals surface area contributed by atoms with Crippen LogP contribution in [0, 0.1) is 0 Å². The van der Waals surface area contributed by atoms with Crippen LogP contribution in [0.25, 0.3) is 0 Å². The SMILES string of the molecule is CCOC(=O)C1(O)CCN(C(=O)C2(c3ccc(Cl)cc3)CC2)CC1. The summed E-state index contributed by atoms with van der Waals surface area (Å²) >= 11 is 5.93. The summed E-state index contributed by atoms with van der Waals surface area (Å²) < 4.78 is 4.94. The number of carbonyl (C=O) groups excluding carboxylic acids is 2. The summed E-state index contributed by atoms with van der Waals surface area (Å²) in [6, 6.07) is 7.43. The number of ether oxygens (including phenoxy) is 1. The number of piperidine rings is 1. The van der Waals surface area contributed by atoms with Gasteiger partial charge in [-0.15, -0.1) is 0 Å². The van der Waals surface area contributed by atoms with E-state index in [2.05, 4.69) is 0 Å². The van der Waals surface area contributed by atoms with E-state index in [9.17, 15) is 14.7 Å². The molecule has 0 aromatic heterocycles. The number of likely N-dealkylation sites (tertiary alicyclic amines) is 1. The molecule has 0 atom stereocenters. The molecule has 0 unspecified atom stereocenters. The van der Waals surface area contributed by atoms with Crippen LogP contribution in [0.5, 0.6) is 0 Å². The predicted molar refractivity (Wildman–Crippen MR) is 89.8 cm³/mol. The molecular formula is C18H22ClNO4. The van der Waals surface area contributed by atoms with Crippen LogP contribution in [0.1, 0.15) is 38.2 Å². The van der Waals surface area contributed by atoms with E-state index in [1.54, 1.807) is 24.0 Å². The maximum atomic E-state index is 13.0. The van der Waals surface area contributed by atoms with Gasteiger partial charge in [0.15, 0.2) is 5.60 Å². The summed E-state index contributed by atoms with van der Waals surface area (Å²) in [4.78, 5) is 26.6. The average molecular weight is 352 g/mol. The van der Waals surface area contributed by atoms with Gasteiger partial charge in [0.2, 0.25) is 5.91 Å². The molecule has 24 heavy (non-hydrogen) atoms. The maximum absolute atomic E-state index is 13.0. The number of esters is 1. The number of hydrogen-bond donors (Lipinski definition) is 1. The lowest BCUT2D eigenvalue weighted by molar-refractivity contribution is -0.171. The summed E-state index contributed by atoms with van der Waals surface area (Å²) in [6.07, 6.45) is 2.08. The molecule has 0 spiro atoms. The van der Waals surface area contributed by atoms with E-state index in [1.165, 1.54) is 0 Å². The molecule has 0 bridgehead atoms. The van der Waals surface area contributed by atoms with E-state index in [0.29, 0.717) is 18.1 Å². The smallest absolute Gasteiger partial charge is 0.338 e. The van der Waals surface area contributed by atoms with E-state index < -0.39 is 17.0 Å². The molecule has 1 heterocycles. The Kier molecular flexibility index (Phi) is 4.58. The number of carbonyl (C=O) groups is 2. The molecule has 5 nitrogen and oxygen atoms in total. The third-order valence-electron chi connectivity index (χ3n) is 5.09. The van der Waals surface area contributed by atoms with Crippen molar-refractivity contribution >= 4 is 23.5 Å². The number of amides is 1. The maximum Gasteiger partial charge on any atom is 0.338 e. The van der Waals surface area contributed by atoms with E-state index in [0.717, 1.165) is 18.4 Å². The molecule has 1 aromatic carbocycles. The highest BCUT2D eigenvalue weighted by atomic mass is 35.5. The molecule has 1 aromatic rings. The van der Waals surface area contributed by atoms with Crippen molar-refractivity contribution in [3.8, 4) is 0 Å². The fourth-order valence-corrected chi connectivity index (χ4v) is 3.50. The molecule has 0 radical (unpaired) electrons. The van der Waals surface area contributed by atoms with Crippen LogP contribution in [0.2, 0.25) is 5.02 Å². The van der Waals surface area contributed by atoms with Crippen molar-refractivity contribution in [2.75, 3.05) is 19.7 Å². The van der Waals surface area contributed by atoms with Gasteiger partial charge in [-0.05, 0) is 37.5 Å². The topological polar surface area (TPSA) is 66.8 Å². The Bertz CT molecular complexity index is 631. The first-order valence-corrected chi connectivity index (χ1v) is 8.74. The second kappa shape index (κ2) is 6.37. The van der Waals surface area contributed by atoms with Crippen LogP contribution in [0.15, 0.2) is 24.3 Å². The second-order valence-electron chi connectivity index (χ2n) is 6.63. The summed E-state index contributed by atoms with van der Waals surface area (Å²) in [7, 11) is 0.